The fourth-order valence-corrected chi connectivity index (χ4v) is 4.28. The summed E-state index contributed by atoms with van der Waals surface area (Å²) in [7, 11) is 1.94. The molecule has 3 heterocycles. The summed E-state index contributed by atoms with van der Waals surface area (Å²) in [5, 5.41) is 6.20. The van der Waals surface area contributed by atoms with Gasteiger partial charge in [0, 0.05) is 54.2 Å². The minimum Gasteiger partial charge on any atom is -0.354 e. The van der Waals surface area contributed by atoms with Crippen LogP contribution in [0.15, 0.2) is 85.5 Å². The number of hydrogen-bond acceptors (Lipinski definition) is 5. The average Bonchev–Trinajstić information content (AvgIpc) is 3.44. The van der Waals surface area contributed by atoms with Crippen molar-refractivity contribution in [1.82, 2.24) is 19.5 Å². The monoisotopic (exact) mass is 462 g/mol. The van der Waals surface area contributed by atoms with Gasteiger partial charge in [-0.3, -0.25) is 14.8 Å². The van der Waals surface area contributed by atoms with E-state index in [0.717, 1.165) is 28.2 Å². The summed E-state index contributed by atoms with van der Waals surface area (Å²) in [6, 6.07) is 17.7. The van der Waals surface area contributed by atoms with Crippen LogP contribution >= 0.6 is 0 Å². The molecule has 1 aliphatic heterocycles. The van der Waals surface area contributed by atoms with Crippen LogP contribution in [-0.4, -0.2) is 25.4 Å². The van der Waals surface area contributed by atoms with Crippen LogP contribution in [0, 0.1) is 5.82 Å². The number of imidazole rings is 1. The summed E-state index contributed by atoms with van der Waals surface area (Å²) >= 11 is 0. The van der Waals surface area contributed by atoms with Gasteiger partial charge in [-0.2, -0.15) is 0 Å². The maximum Gasteiger partial charge on any atom is 0.258 e. The van der Waals surface area contributed by atoms with E-state index in [0.29, 0.717) is 28.0 Å². The fraction of sp³-hybridized carbons (Fsp3) is 0.0370. The van der Waals surface area contributed by atoms with Gasteiger partial charge in [-0.1, -0.05) is 6.07 Å². The van der Waals surface area contributed by atoms with Crippen LogP contribution in [0.25, 0.3) is 33.7 Å². The standard InChI is InChI=1S/C27H19FN6O/c1-34-13-12-31-26(34)16-2-6-19(7-3-16)32-25(17-4-9-21-23(14-17)30-11-10-29-21)24-20-8-5-18(28)15-22(20)33-27(24)35/h2-15,32H,1H3,(H,33,35)/b25-24-. The second-order valence-corrected chi connectivity index (χ2v) is 8.22. The van der Waals surface area contributed by atoms with E-state index in [1.807, 2.05) is 60.3 Å². The average molecular weight is 462 g/mol. The molecule has 5 aromatic rings. The summed E-state index contributed by atoms with van der Waals surface area (Å²) in [6.45, 7) is 0. The molecule has 1 amide bonds. The molecule has 3 aromatic carbocycles. The lowest BCUT2D eigenvalue weighted by atomic mass is 9.99. The van der Waals surface area contributed by atoms with Gasteiger partial charge < -0.3 is 15.2 Å². The Kier molecular flexibility index (Phi) is 4.84. The first-order chi connectivity index (χ1) is 17.1. The summed E-state index contributed by atoms with van der Waals surface area (Å²) in [5.41, 5.74) is 6.05. The van der Waals surface area contributed by atoms with E-state index in [1.54, 1.807) is 24.7 Å². The molecule has 6 rings (SSSR count). The number of hydrogen-bond donors (Lipinski definition) is 2. The van der Waals surface area contributed by atoms with Crippen molar-refractivity contribution in [3.8, 4) is 11.4 Å². The maximum atomic E-state index is 13.8. The van der Waals surface area contributed by atoms with Crippen molar-refractivity contribution in [2.24, 2.45) is 7.05 Å². The van der Waals surface area contributed by atoms with Crippen molar-refractivity contribution < 1.29 is 9.18 Å². The minimum absolute atomic E-state index is 0.308. The third kappa shape index (κ3) is 3.71. The summed E-state index contributed by atoms with van der Waals surface area (Å²) in [4.78, 5) is 26.2. The highest BCUT2D eigenvalue weighted by molar-refractivity contribution is 6.37. The zero-order valence-corrected chi connectivity index (χ0v) is 18.7. The van der Waals surface area contributed by atoms with Crippen molar-refractivity contribution in [2.75, 3.05) is 10.6 Å². The molecule has 0 atom stereocenters. The van der Waals surface area contributed by atoms with Crippen molar-refractivity contribution in [3.63, 3.8) is 0 Å². The van der Waals surface area contributed by atoms with Crippen molar-refractivity contribution in [2.45, 2.75) is 0 Å². The molecule has 170 valence electrons. The number of carbonyl (C=O) groups is 1. The molecule has 7 nitrogen and oxygen atoms in total. The van der Waals surface area contributed by atoms with E-state index < -0.39 is 5.82 Å². The number of nitrogens with zero attached hydrogens (tertiary/aromatic N) is 4. The van der Waals surface area contributed by atoms with Crippen LogP contribution in [-0.2, 0) is 11.8 Å². The second-order valence-electron chi connectivity index (χ2n) is 8.22. The highest BCUT2D eigenvalue weighted by Crippen LogP contribution is 2.38. The van der Waals surface area contributed by atoms with E-state index in [4.69, 9.17) is 0 Å². The van der Waals surface area contributed by atoms with Crippen LogP contribution in [0.5, 0.6) is 0 Å². The van der Waals surface area contributed by atoms with Crippen molar-refractivity contribution >= 4 is 39.6 Å². The summed E-state index contributed by atoms with van der Waals surface area (Å²) < 4.78 is 15.8. The van der Waals surface area contributed by atoms with E-state index in [9.17, 15) is 9.18 Å². The number of benzene rings is 3. The molecular formula is C27H19FN6O. The predicted octanol–water partition coefficient (Wildman–Crippen LogP) is 5.10. The van der Waals surface area contributed by atoms with E-state index in [2.05, 4.69) is 25.6 Å². The number of rotatable bonds is 4. The number of fused-ring (bicyclic) bond motifs is 2. The third-order valence-electron chi connectivity index (χ3n) is 5.97. The van der Waals surface area contributed by atoms with Gasteiger partial charge >= 0.3 is 0 Å². The van der Waals surface area contributed by atoms with E-state index in [1.165, 1.54) is 12.1 Å². The highest BCUT2D eigenvalue weighted by Gasteiger charge is 2.29. The molecular weight excluding hydrogens is 443 g/mol. The van der Waals surface area contributed by atoms with Crippen LogP contribution in [0.1, 0.15) is 11.1 Å². The van der Waals surface area contributed by atoms with Crippen LogP contribution in [0.3, 0.4) is 0 Å². The van der Waals surface area contributed by atoms with E-state index in [-0.39, 0.29) is 5.91 Å². The Morgan fingerprint density at radius 2 is 1.71 bits per heavy atom. The van der Waals surface area contributed by atoms with Crippen molar-refractivity contribution in [3.05, 3.63) is 102 Å². The van der Waals surface area contributed by atoms with Crippen molar-refractivity contribution in [1.29, 1.82) is 0 Å². The molecule has 0 bridgehead atoms. The van der Waals surface area contributed by atoms with Crippen LogP contribution < -0.4 is 10.6 Å². The Balaban J connectivity index is 1.48. The van der Waals surface area contributed by atoms with Gasteiger partial charge in [0.05, 0.1) is 28.0 Å². The van der Waals surface area contributed by atoms with Gasteiger partial charge in [0.1, 0.15) is 11.6 Å². The lowest BCUT2D eigenvalue weighted by Gasteiger charge is -2.15. The first kappa shape index (κ1) is 20.7. The number of halogens is 1. The Morgan fingerprint density at radius 1 is 0.914 bits per heavy atom. The number of aryl methyl sites for hydroxylation is 1. The predicted molar refractivity (Wildman–Crippen MR) is 134 cm³/mol. The smallest absolute Gasteiger partial charge is 0.258 e. The zero-order chi connectivity index (χ0) is 23.9. The third-order valence-corrected chi connectivity index (χ3v) is 5.97. The molecule has 0 radical (unpaired) electrons. The zero-order valence-electron chi connectivity index (χ0n) is 18.7. The molecule has 2 N–H and O–H groups in total. The molecule has 0 spiro atoms. The van der Waals surface area contributed by atoms with Gasteiger partial charge in [-0.25, -0.2) is 9.37 Å². The largest absolute Gasteiger partial charge is 0.354 e. The SMILES string of the molecule is Cn1ccnc1-c1ccc(N/C(=C2\C(=O)Nc3cc(F)ccc32)c2ccc3nccnc3c2)cc1. The van der Waals surface area contributed by atoms with Gasteiger partial charge in [0.25, 0.3) is 5.91 Å². The number of aromatic nitrogens is 4. The normalized spacial score (nSPS) is 14.1. The minimum atomic E-state index is -0.411. The molecule has 1 aliphatic rings. The number of amides is 1. The lowest BCUT2D eigenvalue weighted by molar-refractivity contribution is -0.110. The van der Waals surface area contributed by atoms with Crippen LogP contribution in [0.2, 0.25) is 0 Å². The topological polar surface area (TPSA) is 84.7 Å². The van der Waals surface area contributed by atoms with E-state index >= 15 is 0 Å². The number of carbonyl (C=O) groups excluding carboxylic acids is 1. The molecule has 0 fully saturated rings. The summed E-state index contributed by atoms with van der Waals surface area (Å²) in [6.07, 6.45) is 6.91. The molecule has 35 heavy (non-hydrogen) atoms. The molecule has 8 heteroatoms. The van der Waals surface area contributed by atoms with Gasteiger partial charge in [0.15, 0.2) is 0 Å². The summed E-state index contributed by atoms with van der Waals surface area (Å²) in [5.74, 6) is 0.136. The molecule has 2 aromatic heterocycles. The van der Waals surface area contributed by atoms with Gasteiger partial charge in [0.2, 0.25) is 0 Å². The Bertz CT molecular complexity index is 1640. The molecule has 0 aliphatic carbocycles. The lowest BCUT2D eigenvalue weighted by Crippen LogP contribution is -2.10. The van der Waals surface area contributed by atoms with Gasteiger partial charge in [-0.05, 0) is 54.6 Å². The van der Waals surface area contributed by atoms with Crippen LogP contribution in [0.4, 0.5) is 15.8 Å². The molecule has 0 saturated carbocycles. The Hall–Kier alpha value is -4.85. The fourth-order valence-electron chi connectivity index (χ4n) is 4.28. The quantitative estimate of drug-likeness (QED) is 0.363. The highest BCUT2D eigenvalue weighted by atomic mass is 19.1. The first-order valence-corrected chi connectivity index (χ1v) is 11.0. The Labute approximate surface area is 200 Å². The maximum absolute atomic E-state index is 13.8. The molecule has 0 unspecified atom stereocenters. The second kappa shape index (κ2) is 8.18. The first-order valence-electron chi connectivity index (χ1n) is 11.0. The number of anilines is 2. The molecule has 0 saturated heterocycles. The van der Waals surface area contributed by atoms with Gasteiger partial charge in [-0.15, -0.1) is 0 Å². The Morgan fingerprint density at radius 3 is 2.49 bits per heavy atom. The number of nitrogens with one attached hydrogen (secondary N) is 2.